The van der Waals surface area contributed by atoms with Crippen molar-refractivity contribution in [2.24, 2.45) is 0 Å². The van der Waals surface area contributed by atoms with Gasteiger partial charge in [-0.15, -0.1) is 0 Å². The van der Waals surface area contributed by atoms with Crippen molar-refractivity contribution in [1.82, 2.24) is 0 Å². The smallest absolute Gasteiger partial charge is 0.165 e. The standard InChI is InChI=1S/C13H13BCl2/c1-10-7-8-12(13(9-10)14(15)16)11-5-3-2-4-6-11/h2-7H,8-9H2,1H3. The number of allylic oxidation sites excluding steroid dienone is 4. The second kappa shape index (κ2) is 5.12. The zero-order chi connectivity index (χ0) is 11.5. The maximum absolute atomic E-state index is 6.05. The van der Waals surface area contributed by atoms with E-state index in [9.17, 15) is 0 Å². The lowest BCUT2D eigenvalue weighted by Gasteiger charge is -2.19. The average Bonchev–Trinajstić information content (AvgIpc) is 2.30. The molecule has 82 valence electrons. The minimum Gasteiger partial charge on any atom is -0.165 e. The van der Waals surface area contributed by atoms with Crippen molar-refractivity contribution in [3.8, 4) is 0 Å². The van der Waals surface area contributed by atoms with Crippen LogP contribution in [0.3, 0.4) is 0 Å². The molecular weight excluding hydrogens is 238 g/mol. The van der Waals surface area contributed by atoms with Crippen LogP contribution in [0.4, 0.5) is 0 Å². The molecule has 0 saturated heterocycles. The third-order valence-corrected chi connectivity index (χ3v) is 3.42. The van der Waals surface area contributed by atoms with Gasteiger partial charge in [-0.2, -0.15) is 22.9 Å². The van der Waals surface area contributed by atoms with E-state index in [2.05, 4.69) is 25.1 Å². The molecule has 0 nitrogen and oxygen atoms in total. The van der Waals surface area contributed by atoms with Crippen LogP contribution in [0.15, 0.2) is 47.5 Å². The van der Waals surface area contributed by atoms with E-state index < -0.39 is 5.54 Å². The maximum atomic E-state index is 6.05. The summed E-state index contributed by atoms with van der Waals surface area (Å²) in [6, 6.07) is 10.3. The van der Waals surface area contributed by atoms with Crippen molar-refractivity contribution in [2.45, 2.75) is 19.8 Å². The minimum atomic E-state index is -0.404. The van der Waals surface area contributed by atoms with Crippen molar-refractivity contribution in [3.05, 3.63) is 53.0 Å². The lowest BCUT2D eigenvalue weighted by Crippen LogP contribution is -2.08. The van der Waals surface area contributed by atoms with Gasteiger partial charge in [0.25, 0.3) is 0 Å². The molecule has 0 heterocycles. The predicted molar refractivity (Wildman–Crippen MR) is 73.8 cm³/mol. The highest BCUT2D eigenvalue weighted by atomic mass is 35.5. The SMILES string of the molecule is CC1=CCC(c2ccccc2)=C(B(Cl)Cl)C1. The zero-order valence-electron chi connectivity index (χ0n) is 9.21. The second-order valence-electron chi connectivity index (χ2n) is 4.10. The van der Waals surface area contributed by atoms with Gasteiger partial charge in [-0.3, -0.25) is 0 Å². The fourth-order valence-corrected chi connectivity index (χ4v) is 2.46. The lowest BCUT2D eigenvalue weighted by atomic mass is 9.76. The van der Waals surface area contributed by atoms with Crippen LogP contribution in [0.5, 0.6) is 0 Å². The second-order valence-corrected chi connectivity index (χ2v) is 5.20. The fraction of sp³-hybridized carbons (Fsp3) is 0.231. The first-order chi connectivity index (χ1) is 7.68. The van der Waals surface area contributed by atoms with Gasteiger partial charge in [-0.05, 0) is 30.9 Å². The summed E-state index contributed by atoms with van der Waals surface area (Å²) >= 11 is 12.1. The van der Waals surface area contributed by atoms with E-state index in [0.717, 1.165) is 18.3 Å². The van der Waals surface area contributed by atoms with E-state index in [1.54, 1.807) is 0 Å². The molecule has 0 aromatic heterocycles. The molecule has 1 aromatic carbocycles. The summed E-state index contributed by atoms with van der Waals surface area (Å²) in [6.45, 7) is 2.12. The number of rotatable bonds is 2. The molecule has 0 aliphatic heterocycles. The highest BCUT2D eigenvalue weighted by Crippen LogP contribution is 2.34. The summed E-state index contributed by atoms with van der Waals surface area (Å²) in [7, 11) is 0. The van der Waals surface area contributed by atoms with E-state index in [-0.39, 0.29) is 0 Å². The summed E-state index contributed by atoms with van der Waals surface area (Å²) in [4.78, 5) is 0. The molecule has 0 amide bonds. The van der Waals surface area contributed by atoms with E-state index in [4.69, 9.17) is 22.9 Å². The molecule has 0 fully saturated rings. The minimum absolute atomic E-state index is 0.404. The molecule has 0 saturated carbocycles. The number of hydrogen-bond donors (Lipinski definition) is 0. The summed E-state index contributed by atoms with van der Waals surface area (Å²) in [5.74, 6) is 0. The summed E-state index contributed by atoms with van der Waals surface area (Å²) < 4.78 is 0. The Morgan fingerprint density at radius 2 is 1.81 bits per heavy atom. The van der Waals surface area contributed by atoms with E-state index in [1.807, 2.05) is 18.2 Å². The van der Waals surface area contributed by atoms with Crippen LogP contribution in [0.1, 0.15) is 25.3 Å². The largest absolute Gasteiger partial charge is 0.379 e. The van der Waals surface area contributed by atoms with Gasteiger partial charge in [-0.1, -0.05) is 47.5 Å². The first kappa shape index (κ1) is 11.8. The summed E-state index contributed by atoms with van der Waals surface area (Å²) in [6.07, 6.45) is 4.07. The van der Waals surface area contributed by atoms with E-state index in [0.29, 0.717) is 0 Å². The molecule has 1 aromatic rings. The Morgan fingerprint density at radius 3 is 2.44 bits per heavy atom. The molecule has 0 unspecified atom stereocenters. The Labute approximate surface area is 107 Å². The molecule has 1 aliphatic carbocycles. The monoisotopic (exact) mass is 250 g/mol. The molecule has 16 heavy (non-hydrogen) atoms. The molecule has 3 heteroatoms. The Hall–Kier alpha value is -0.655. The molecule has 0 bridgehead atoms. The van der Waals surface area contributed by atoms with Gasteiger partial charge in [-0.25, -0.2) is 0 Å². The highest BCUT2D eigenvalue weighted by Gasteiger charge is 2.21. The normalized spacial score (nSPS) is 16.1. The van der Waals surface area contributed by atoms with Crippen LogP contribution in [0.2, 0.25) is 0 Å². The first-order valence-electron chi connectivity index (χ1n) is 5.39. The summed E-state index contributed by atoms with van der Waals surface area (Å²) in [5, 5.41) is 0. The lowest BCUT2D eigenvalue weighted by molar-refractivity contribution is 1.11. The van der Waals surface area contributed by atoms with E-state index in [1.165, 1.54) is 16.7 Å². The van der Waals surface area contributed by atoms with Crippen molar-refractivity contribution >= 4 is 34.0 Å². The van der Waals surface area contributed by atoms with Crippen LogP contribution < -0.4 is 0 Å². The van der Waals surface area contributed by atoms with Gasteiger partial charge in [0.2, 0.25) is 0 Å². The average molecular weight is 251 g/mol. The molecule has 0 spiro atoms. The zero-order valence-corrected chi connectivity index (χ0v) is 10.7. The number of hydrogen-bond acceptors (Lipinski definition) is 0. The van der Waals surface area contributed by atoms with Crippen molar-refractivity contribution in [1.29, 1.82) is 0 Å². The Kier molecular flexibility index (Phi) is 3.78. The first-order valence-corrected chi connectivity index (χ1v) is 6.27. The van der Waals surface area contributed by atoms with E-state index >= 15 is 0 Å². The Morgan fingerprint density at radius 1 is 1.12 bits per heavy atom. The van der Waals surface area contributed by atoms with Gasteiger partial charge in [0, 0.05) is 0 Å². The van der Waals surface area contributed by atoms with Gasteiger partial charge < -0.3 is 0 Å². The molecular formula is C13H13BCl2. The van der Waals surface area contributed by atoms with Crippen molar-refractivity contribution in [3.63, 3.8) is 0 Å². The topological polar surface area (TPSA) is 0 Å². The van der Waals surface area contributed by atoms with Gasteiger partial charge in [0.05, 0.1) is 0 Å². The van der Waals surface area contributed by atoms with Crippen LogP contribution in [-0.4, -0.2) is 5.54 Å². The molecule has 0 N–H and O–H groups in total. The van der Waals surface area contributed by atoms with Crippen LogP contribution in [-0.2, 0) is 0 Å². The quantitative estimate of drug-likeness (QED) is 0.528. The Balaban J connectivity index is 2.41. The van der Waals surface area contributed by atoms with Gasteiger partial charge >= 0.3 is 5.54 Å². The van der Waals surface area contributed by atoms with Crippen LogP contribution in [0, 0.1) is 0 Å². The fourth-order valence-electron chi connectivity index (χ4n) is 2.04. The Bertz CT molecular complexity index is 433. The number of halogens is 2. The molecule has 0 atom stereocenters. The molecule has 0 radical (unpaired) electrons. The third-order valence-electron chi connectivity index (χ3n) is 2.90. The predicted octanol–water partition coefficient (Wildman–Crippen LogP) is 4.69. The van der Waals surface area contributed by atoms with Gasteiger partial charge in [0.15, 0.2) is 0 Å². The maximum Gasteiger partial charge on any atom is 0.379 e. The number of benzene rings is 1. The summed E-state index contributed by atoms with van der Waals surface area (Å²) in [5.41, 5.74) is 4.60. The van der Waals surface area contributed by atoms with Crippen molar-refractivity contribution < 1.29 is 0 Å². The molecule has 2 rings (SSSR count). The van der Waals surface area contributed by atoms with Crippen LogP contribution in [0.25, 0.3) is 5.57 Å². The van der Waals surface area contributed by atoms with Crippen molar-refractivity contribution in [2.75, 3.05) is 0 Å². The highest BCUT2D eigenvalue weighted by molar-refractivity contribution is 7.37. The van der Waals surface area contributed by atoms with Gasteiger partial charge in [0.1, 0.15) is 0 Å². The molecule has 1 aliphatic rings. The third kappa shape index (κ3) is 2.53. The van der Waals surface area contributed by atoms with Crippen LogP contribution >= 0.6 is 22.9 Å².